The van der Waals surface area contributed by atoms with Gasteiger partial charge in [0.1, 0.15) is 5.75 Å². The van der Waals surface area contributed by atoms with E-state index in [1.54, 1.807) is 62.4 Å². The van der Waals surface area contributed by atoms with Crippen molar-refractivity contribution in [3.05, 3.63) is 65.9 Å². The summed E-state index contributed by atoms with van der Waals surface area (Å²) >= 11 is 0. The number of methoxy groups -OCH3 is 1. The summed E-state index contributed by atoms with van der Waals surface area (Å²) in [6.45, 7) is 3.51. The van der Waals surface area contributed by atoms with Gasteiger partial charge in [-0.25, -0.2) is 4.79 Å². The van der Waals surface area contributed by atoms with Gasteiger partial charge in [-0.2, -0.15) is 0 Å². The Kier molecular flexibility index (Phi) is 6.51. The molecule has 0 bridgehead atoms. The molecule has 0 saturated carbocycles. The van der Waals surface area contributed by atoms with Crippen molar-refractivity contribution in [2.45, 2.75) is 20.3 Å². The van der Waals surface area contributed by atoms with Crippen LogP contribution in [-0.4, -0.2) is 31.5 Å². The number of carbonyl (C=O) groups excluding carboxylic acids is 3. The van der Waals surface area contributed by atoms with Crippen LogP contribution < -0.4 is 15.0 Å². The van der Waals surface area contributed by atoms with E-state index >= 15 is 0 Å². The summed E-state index contributed by atoms with van der Waals surface area (Å²) in [7, 11) is 1.50. The van der Waals surface area contributed by atoms with Gasteiger partial charge in [0, 0.05) is 17.8 Å². The van der Waals surface area contributed by atoms with Gasteiger partial charge in [-0.15, -0.1) is 0 Å². The summed E-state index contributed by atoms with van der Waals surface area (Å²) < 4.78 is 10.5. The van der Waals surface area contributed by atoms with Crippen molar-refractivity contribution in [1.29, 1.82) is 0 Å². The molecule has 7 nitrogen and oxygen atoms in total. The SMILES string of the molecule is CCOC(=O)C1=C(C)N(c2ccccc2)C(=O)CC1C(=O)Nc1ccccc1OC. The standard InChI is InChI=1S/C23H24N2O5/c1-4-30-23(28)21-15(2)25(16-10-6-5-7-11-16)20(26)14-17(21)22(27)24-18-12-8-9-13-19(18)29-3/h5-13,17H,4,14H2,1-3H3,(H,24,27). The molecule has 2 amide bonds. The molecule has 1 N–H and O–H groups in total. The summed E-state index contributed by atoms with van der Waals surface area (Å²) in [5.41, 5.74) is 1.65. The van der Waals surface area contributed by atoms with E-state index in [1.165, 1.54) is 12.0 Å². The number of carbonyl (C=O) groups is 3. The molecule has 1 aliphatic heterocycles. The Balaban J connectivity index is 2.00. The zero-order valence-corrected chi connectivity index (χ0v) is 17.2. The zero-order chi connectivity index (χ0) is 21.7. The van der Waals surface area contributed by atoms with Gasteiger partial charge < -0.3 is 14.8 Å². The van der Waals surface area contributed by atoms with Crippen LogP contribution in [0.4, 0.5) is 11.4 Å². The smallest absolute Gasteiger partial charge is 0.336 e. The molecule has 2 aromatic carbocycles. The van der Waals surface area contributed by atoms with Crippen molar-refractivity contribution in [2.75, 3.05) is 23.9 Å². The van der Waals surface area contributed by atoms with Crippen molar-refractivity contribution in [2.24, 2.45) is 5.92 Å². The van der Waals surface area contributed by atoms with Crippen molar-refractivity contribution >= 4 is 29.2 Å². The van der Waals surface area contributed by atoms with Crippen LogP contribution in [0.1, 0.15) is 20.3 Å². The second-order valence-corrected chi connectivity index (χ2v) is 6.73. The number of benzene rings is 2. The van der Waals surface area contributed by atoms with Gasteiger partial charge in [0.25, 0.3) is 0 Å². The number of rotatable bonds is 6. The number of hydrogen-bond donors (Lipinski definition) is 1. The number of ether oxygens (including phenoxy) is 2. The highest BCUT2D eigenvalue weighted by Gasteiger charge is 2.40. The first-order valence-corrected chi connectivity index (χ1v) is 9.67. The molecule has 1 aliphatic rings. The lowest BCUT2D eigenvalue weighted by molar-refractivity contribution is -0.141. The van der Waals surface area contributed by atoms with Crippen molar-refractivity contribution in [1.82, 2.24) is 0 Å². The second kappa shape index (κ2) is 9.26. The largest absolute Gasteiger partial charge is 0.495 e. The number of hydrogen-bond acceptors (Lipinski definition) is 5. The van der Waals surface area contributed by atoms with Gasteiger partial charge in [0.15, 0.2) is 0 Å². The molecule has 2 aromatic rings. The number of para-hydroxylation sites is 3. The highest BCUT2D eigenvalue weighted by atomic mass is 16.5. The van der Waals surface area contributed by atoms with E-state index in [-0.39, 0.29) is 24.5 Å². The van der Waals surface area contributed by atoms with Crippen LogP contribution in [0.5, 0.6) is 5.75 Å². The fourth-order valence-electron chi connectivity index (χ4n) is 3.53. The lowest BCUT2D eigenvalue weighted by Gasteiger charge is -2.33. The Bertz CT molecular complexity index is 984. The first-order valence-electron chi connectivity index (χ1n) is 9.67. The highest BCUT2D eigenvalue weighted by Crippen LogP contribution is 2.34. The minimum absolute atomic E-state index is 0.151. The maximum absolute atomic E-state index is 13.1. The van der Waals surface area contributed by atoms with E-state index in [9.17, 15) is 14.4 Å². The van der Waals surface area contributed by atoms with Crippen molar-refractivity contribution in [3.63, 3.8) is 0 Å². The van der Waals surface area contributed by atoms with Crippen LogP contribution >= 0.6 is 0 Å². The molecule has 0 radical (unpaired) electrons. The number of anilines is 2. The average molecular weight is 408 g/mol. The fourth-order valence-corrected chi connectivity index (χ4v) is 3.53. The number of esters is 1. The van der Waals surface area contributed by atoms with Gasteiger partial charge in [0.05, 0.1) is 30.9 Å². The highest BCUT2D eigenvalue weighted by molar-refractivity contribution is 6.10. The topological polar surface area (TPSA) is 84.9 Å². The van der Waals surface area contributed by atoms with Crippen molar-refractivity contribution < 1.29 is 23.9 Å². The Hall–Kier alpha value is -3.61. The third-order valence-electron chi connectivity index (χ3n) is 4.89. The molecule has 3 rings (SSSR count). The maximum Gasteiger partial charge on any atom is 0.336 e. The van der Waals surface area contributed by atoms with E-state index in [4.69, 9.17) is 9.47 Å². The van der Waals surface area contributed by atoms with E-state index in [0.717, 1.165) is 0 Å². The quantitative estimate of drug-likeness (QED) is 0.739. The minimum atomic E-state index is -0.971. The van der Waals surface area contributed by atoms with Crippen LogP contribution in [-0.2, 0) is 19.1 Å². The van der Waals surface area contributed by atoms with Gasteiger partial charge in [-0.05, 0) is 38.1 Å². The van der Waals surface area contributed by atoms with Gasteiger partial charge in [-0.1, -0.05) is 30.3 Å². The lowest BCUT2D eigenvalue weighted by atomic mass is 9.88. The van der Waals surface area contributed by atoms with Gasteiger partial charge in [0.2, 0.25) is 11.8 Å². The number of nitrogens with zero attached hydrogens (tertiary/aromatic N) is 1. The molecule has 1 heterocycles. The molecule has 1 unspecified atom stereocenters. The summed E-state index contributed by atoms with van der Waals surface area (Å²) in [5.74, 6) is -1.84. The first kappa shape index (κ1) is 21.1. The molecule has 7 heteroatoms. The Morgan fingerprint density at radius 1 is 1.10 bits per heavy atom. The number of allylic oxidation sites excluding steroid dienone is 1. The molecule has 1 atom stereocenters. The van der Waals surface area contributed by atoms with Crippen LogP contribution in [0.25, 0.3) is 0 Å². The first-order chi connectivity index (χ1) is 14.5. The van der Waals surface area contributed by atoms with E-state index in [2.05, 4.69) is 5.32 Å². The van der Waals surface area contributed by atoms with E-state index in [0.29, 0.717) is 22.8 Å². The Morgan fingerprint density at radius 3 is 2.43 bits per heavy atom. The molecular weight excluding hydrogens is 384 g/mol. The van der Waals surface area contributed by atoms with E-state index < -0.39 is 17.8 Å². The van der Waals surface area contributed by atoms with Crippen LogP contribution in [0.3, 0.4) is 0 Å². The van der Waals surface area contributed by atoms with Crippen molar-refractivity contribution in [3.8, 4) is 5.75 Å². The number of nitrogens with one attached hydrogen (secondary N) is 1. The summed E-state index contributed by atoms with van der Waals surface area (Å²) in [4.78, 5) is 40.3. The van der Waals surface area contributed by atoms with Crippen LogP contribution in [0, 0.1) is 5.92 Å². The minimum Gasteiger partial charge on any atom is -0.495 e. The molecule has 0 aliphatic carbocycles. The molecule has 30 heavy (non-hydrogen) atoms. The Labute approximate surface area is 175 Å². The third-order valence-corrected chi connectivity index (χ3v) is 4.89. The van der Waals surface area contributed by atoms with Gasteiger partial charge in [-0.3, -0.25) is 14.5 Å². The number of amides is 2. The monoisotopic (exact) mass is 408 g/mol. The third kappa shape index (κ3) is 4.20. The summed E-state index contributed by atoms with van der Waals surface area (Å²) in [6, 6.07) is 16.0. The molecule has 156 valence electrons. The molecular formula is C23H24N2O5. The normalized spacial score (nSPS) is 16.3. The van der Waals surface area contributed by atoms with E-state index in [1.807, 2.05) is 6.07 Å². The molecule has 0 aromatic heterocycles. The van der Waals surface area contributed by atoms with Crippen LogP contribution in [0.2, 0.25) is 0 Å². The predicted molar refractivity (Wildman–Crippen MR) is 113 cm³/mol. The fraction of sp³-hybridized carbons (Fsp3) is 0.261. The Morgan fingerprint density at radius 2 is 1.77 bits per heavy atom. The zero-order valence-electron chi connectivity index (χ0n) is 17.2. The predicted octanol–water partition coefficient (Wildman–Crippen LogP) is 3.52. The molecule has 0 spiro atoms. The molecule has 0 saturated heterocycles. The summed E-state index contributed by atoms with van der Waals surface area (Å²) in [6.07, 6.45) is -0.151. The lowest BCUT2D eigenvalue weighted by Crippen LogP contribution is -2.43. The molecule has 0 fully saturated rings. The van der Waals surface area contributed by atoms with Crippen LogP contribution in [0.15, 0.2) is 65.9 Å². The van der Waals surface area contributed by atoms with Gasteiger partial charge >= 0.3 is 5.97 Å². The average Bonchev–Trinajstić information content (AvgIpc) is 2.74. The maximum atomic E-state index is 13.1. The summed E-state index contributed by atoms with van der Waals surface area (Å²) in [5, 5.41) is 2.78. The second-order valence-electron chi connectivity index (χ2n) is 6.73.